The summed E-state index contributed by atoms with van der Waals surface area (Å²) in [7, 11) is 0. The van der Waals surface area contributed by atoms with Crippen LogP contribution in [0.3, 0.4) is 0 Å². The SMILES string of the molecule is O=C(O)c1cc(NC(=O)c2cccc3cc[nH]c23)ccn1. The number of hydrogen-bond donors (Lipinski definition) is 3. The Bertz CT molecular complexity index is 839. The molecule has 0 aliphatic carbocycles. The number of benzene rings is 1. The van der Waals surface area contributed by atoms with E-state index in [1.54, 1.807) is 24.4 Å². The summed E-state index contributed by atoms with van der Waals surface area (Å²) >= 11 is 0. The van der Waals surface area contributed by atoms with E-state index in [1.165, 1.54) is 12.3 Å². The summed E-state index contributed by atoms with van der Waals surface area (Å²) < 4.78 is 0. The molecule has 0 saturated carbocycles. The normalized spacial score (nSPS) is 10.5. The van der Waals surface area contributed by atoms with E-state index >= 15 is 0 Å². The number of pyridine rings is 1. The number of anilines is 1. The van der Waals surface area contributed by atoms with Gasteiger partial charge in [-0.2, -0.15) is 0 Å². The Balaban J connectivity index is 1.91. The largest absolute Gasteiger partial charge is 0.477 e. The predicted molar refractivity (Wildman–Crippen MR) is 77.4 cm³/mol. The van der Waals surface area contributed by atoms with Crippen molar-refractivity contribution in [1.82, 2.24) is 9.97 Å². The molecule has 0 aliphatic heterocycles. The molecule has 2 heterocycles. The first-order valence-corrected chi connectivity index (χ1v) is 6.22. The van der Waals surface area contributed by atoms with Crippen molar-refractivity contribution in [3.63, 3.8) is 0 Å². The molecule has 1 aromatic carbocycles. The average molecular weight is 281 g/mol. The Kier molecular flexibility index (Phi) is 3.12. The summed E-state index contributed by atoms with van der Waals surface area (Å²) in [6, 6.07) is 10.1. The zero-order valence-electron chi connectivity index (χ0n) is 10.8. The van der Waals surface area contributed by atoms with Gasteiger partial charge in [-0.1, -0.05) is 12.1 Å². The molecular weight excluding hydrogens is 270 g/mol. The van der Waals surface area contributed by atoms with E-state index < -0.39 is 5.97 Å². The lowest BCUT2D eigenvalue weighted by Gasteiger charge is -2.06. The fourth-order valence-electron chi connectivity index (χ4n) is 2.10. The number of carbonyl (C=O) groups is 2. The maximum Gasteiger partial charge on any atom is 0.354 e. The zero-order chi connectivity index (χ0) is 14.8. The lowest BCUT2D eigenvalue weighted by Crippen LogP contribution is -2.13. The summed E-state index contributed by atoms with van der Waals surface area (Å²) in [5.41, 5.74) is 1.50. The number of fused-ring (bicyclic) bond motifs is 1. The Hall–Kier alpha value is -3.15. The van der Waals surface area contributed by atoms with Crippen LogP contribution < -0.4 is 5.32 Å². The summed E-state index contributed by atoms with van der Waals surface area (Å²) in [5, 5.41) is 12.5. The number of para-hydroxylation sites is 1. The standard InChI is InChI=1S/C15H11N3O3/c19-14(11-3-1-2-9-4-6-17-13(9)11)18-10-5-7-16-12(8-10)15(20)21/h1-8,17H,(H,20,21)(H,16,18,19). The van der Waals surface area contributed by atoms with Gasteiger partial charge in [0.25, 0.3) is 5.91 Å². The fourth-order valence-corrected chi connectivity index (χ4v) is 2.10. The van der Waals surface area contributed by atoms with Crippen molar-refractivity contribution in [2.75, 3.05) is 5.32 Å². The van der Waals surface area contributed by atoms with Gasteiger partial charge < -0.3 is 15.4 Å². The quantitative estimate of drug-likeness (QED) is 0.687. The van der Waals surface area contributed by atoms with Gasteiger partial charge >= 0.3 is 5.97 Å². The van der Waals surface area contributed by atoms with Gasteiger partial charge in [0.05, 0.1) is 11.1 Å². The number of rotatable bonds is 3. The molecule has 6 heteroatoms. The van der Waals surface area contributed by atoms with Gasteiger partial charge in [0.1, 0.15) is 5.69 Å². The lowest BCUT2D eigenvalue weighted by atomic mass is 10.1. The van der Waals surface area contributed by atoms with Crippen LogP contribution in [0.25, 0.3) is 10.9 Å². The summed E-state index contributed by atoms with van der Waals surface area (Å²) in [6.45, 7) is 0. The number of aromatic nitrogens is 2. The van der Waals surface area contributed by atoms with Crippen LogP contribution in [0.2, 0.25) is 0 Å². The number of carbonyl (C=O) groups excluding carboxylic acids is 1. The first-order valence-electron chi connectivity index (χ1n) is 6.22. The number of H-pyrrole nitrogens is 1. The molecule has 3 N–H and O–H groups in total. The monoisotopic (exact) mass is 281 g/mol. The van der Waals surface area contributed by atoms with E-state index in [4.69, 9.17) is 5.11 Å². The number of nitrogens with one attached hydrogen (secondary N) is 2. The minimum Gasteiger partial charge on any atom is -0.477 e. The van der Waals surface area contributed by atoms with Crippen LogP contribution in [0, 0.1) is 0 Å². The number of amides is 1. The minimum absolute atomic E-state index is 0.120. The molecule has 3 rings (SSSR count). The molecule has 0 spiro atoms. The van der Waals surface area contributed by atoms with Gasteiger partial charge in [-0.15, -0.1) is 0 Å². The number of carboxylic acids is 1. The molecule has 104 valence electrons. The molecule has 0 unspecified atom stereocenters. The van der Waals surface area contributed by atoms with Crippen molar-refractivity contribution in [3.8, 4) is 0 Å². The molecule has 0 aliphatic rings. The first kappa shape index (κ1) is 12.9. The number of hydrogen-bond acceptors (Lipinski definition) is 3. The third kappa shape index (κ3) is 2.46. The van der Waals surface area contributed by atoms with Crippen LogP contribution in [0.15, 0.2) is 48.8 Å². The molecule has 0 saturated heterocycles. The average Bonchev–Trinajstić information content (AvgIpc) is 2.95. The molecule has 21 heavy (non-hydrogen) atoms. The van der Waals surface area contributed by atoms with Crippen molar-refractivity contribution in [2.45, 2.75) is 0 Å². The zero-order valence-corrected chi connectivity index (χ0v) is 10.8. The van der Waals surface area contributed by atoms with Crippen LogP contribution in [0.1, 0.15) is 20.8 Å². The maximum atomic E-state index is 12.3. The van der Waals surface area contributed by atoms with E-state index in [0.29, 0.717) is 11.3 Å². The van der Waals surface area contributed by atoms with Crippen LogP contribution in [-0.2, 0) is 0 Å². The number of aromatic amines is 1. The highest BCUT2D eigenvalue weighted by Crippen LogP contribution is 2.18. The Morgan fingerprint density at radius 2 is 2.05 bits per heavy atom. The van der Waals surface area contributed by atoms with E-state index in [1.807, 2.05) is 12.1 Å². The second-order valence-electron chi connectivity index (χ2n) is 4.44. The summed E-state index contributed by atoms with van der Waals surface area (Å²) in [6.07, 6.45) is 3.10. The van der Waals surface area contributed by atoms with E-state index in [9.17, 15) is 9.59 Å². The van der Waals surface area contributed by atoms with E-state index in [2.05, 4.69) is 15.3 Å². The van der Waals surface area contributed by atoms with Crippen molar-refractivity contribution in [3.05, 3.63) is 60.0 Å². The summed E-state index contributed by atoms with van der Waals surface area (Å²) in [5.74, 6) is -1.46. The Labute approximate surface area is 119 Å². The van der Waals surface area contributed by atoms with Crippen LogP contribution in [0.4, 0.5) is 5.69 Å². The van der Waals surface area contributed by atoms with Crippen molar-refractivity contribution in [2.24, 2.45) is 0 Å². The highest BCUT2D eigenvalue weighted by molar-refractivity contribution is 6.12. The van der Waals surface area contributed by atoms with Gasteiger partial charge in [-0.3, -0.25) is 4.79 Å². The number of carboxylic acid groups (broad SMARTS) is 1. The van der Waals surface area contributed by atoms with Gasteiger partial charge in [-0.25, -0.2) is 9.78 Å². The van der Waals surface area contributed by atoms with Gasteiger partial charge in [-0.05, 0) is 24.3 Å². The second kappa shape index (κ2) is 5.09. The molecular formula is C15H11N3O3. The molecule has 2 aromatic heterocycles. The molecule has 0 radical (unpaired) electrons. The van der Waals surface area contributed by atoms with E-state index in [-0.39, 0.29) is 11.6 Å². The van der Waals surface area contributed by atoms with Gasteiger partial charge in [0, 0.05) is 23.5 Å². The van der Waals surface area contributed by atoms with Crippen LogP contribution in [-0.4, -0.2) is 27.0 Å². The molecule has 0 atom stereocenters. The van der Waals surface area contributed by atoms with Crippen LogP contribution >= 0.6 is 0 Å². The maximum absolute atomic E-state index is 12.3. The second-order valence-corrected chi connectivity index (χ2v) is 4.44. The molecule has 0 bridgehead atoms. The van der Waals surface area contributed by atoms with Crippen molar-refractivity contribution >= 4 is 28.5 Å². The number of aromatic carboxylic acids is 1. The number of nitrogens with zero attached hydrogens (tertiary/aromatic N) is 1. The van der Waals surface area contributed by atoms with Gasteiger partial charge in [0.2, 0.25) is 0 Å². The molecule has 6 nitrogen and oxygen atoms in total. The highest BCUT2D eigenvalue weighted by atomic mass is 16.4. The Morgan fingerprint density at radius 3 is 2.86 bits per heavy atom. The predicted octanol–water partition coefficient (Wildman–Crippen LogP) is 2.51. The molecule has 0 fully saturated rings. The third-order valence-corrected chi connectivity index (χ3v) is 3.07. The first-order chi connectivity index (χ1) is 10.1. The van der Waals surface area contributed by atoms with Crippen LogP contribution in [0.5, 0.6) is 0 Å². The Morgan fingerprint density at radius 1 is 1.19 bits per heavy atom. The van der Waals surface area contributed by atoms with Crippen molar-refractivity contribution in [1.29, 1.82) is 0 Å². The lowest BCUT2D eigenvalue weighted by molar-refractivity contribution is 0.0690. The highest BCUT2D eigenvalue weighted by Gasteiger charge is 2.12. The molecule has 3 aromatic rings. The fraction of sp³-hybridized carbons (Fsp3) is 0. The smallest absolute Gasteiger partial charge is 0.354 e. The van der Waals surface area contributed by atoms with Gasteiger partial charge in [0.15, 0.2) is 0 Å². The van der Waals surface area contributed by atoms with E-state index in [0.717, 1.165) is 10.9 Å². The minimum atomic E-state index is -1.14. The van der Waals surface area contributed by atoms with Crippen molar-refractivity contribution < 1.29 is 14.7 Å². The molecule has 1 amide bonds. The summed E-state index contributed by atoms with van der Waals surface area (Å²) in [4.78, 5) is 29.9. The topological polar surface area (TPSA) is 95.1 Å². The third-order valence-electron chi connectivity index (χ3n) is 3.07.